The van der Waals surface area contributed by atoms with Crippen LogP contribution in [0.3, 0.4) is 0 Å². The number of carbonyl (C=O) groups is 2. The fraction of sp³-hybridized carbons (Fsp3) is 0.342. The van der Waals surface area contributed by atoms with Gasteiger partial charge in [-0.3, -0.25) is 9.59 Å². The summed E-state index contributed by atoms with van der Waals surface area (Å²) in [5.41, 5.74) is 3.94. The zero-order valence-corrected chi connectivity index (χ0v) is 27.0. The third-order valence-corrected chi connectivity index (χ3v) is 8.08. The number of para-hydroxylation sites is 1. The number of halogens is 1. The summed E-state index contributed by atoms with van der Waals surface area (Å²) in [4.78, 5) is 26.5. The zero-order chi connectivity index (χ0) is 33.4. The van der Waals surface area contributed by atoms with Crippen LogP contribution in [0.15, 0.2) is 84.9 Å². The van der Waals surface area contributed by atoms with Gasteiger partial charge in [0.2, 0.25) is 0 Å². The van der Waals surface area contributed by atoms with Gasteiger partial charge in [-0.25, -0.2) is 4.39 Å². The first kappa shape index (κ1) is 34.5. The van der Waals surface area contributed by atoms with Gasteiger partial charge in [0.25, 0.3) is 5.91 Å². The second-order valence-electron chi connectivity index (χ2n) is 12.4. The molecule has 0 spiro atoms. The normalized spacial score (nSPS) is 13.5. The molecule has 7 nitrogen and oxygen atoms in total. The lowest BCUT2D eigenvalue weighted by Crippen LogP contribution is -2.30. The Bertz CT molecular complexity index is 1600. The van der Waals surface area contributed by atoms with Gasteiger partial charge in [-0.05, 0) is 87.6 Å². The predicted octanol–water partition coefficient (Wildman–Crippen LogP) is 7.77. The van der Waals surface area contributed by atoms with Gasteiger partial charge in [0.15, 0.2) is 0 Å². The molecule has 3 unspecified atom stereocenters. The van der Waals surface area contributed by atoms with Crippen molar-refractivity contribution in [2.45, 2.75) is 83.6 Å². The van der Waals surface area contributed by atoms with Crippen LogP contribution in [0.25, 0.3) is 22.4 Å². The summed E-state index contributed by atoms with van der Waals surface area (Å²) >= 11 is 0. The molecule has 0 fully saturated rings. The molecule has 0 radical (unpaired) electrons. The number of aromatic nitrogens is 1. The summed E-state index contributed by atoms with van der Waals surface area (Å²) in [5.74, 6) is -1.58. The summed E-state index contributed by atoms with van der Waals surface area (Å²) in [6.45, 7) is 12.0. The van der Waals surface area contributed by atoms with Crippen LogP contribution in [0.5, 0.6) is 0 Å². The Morgan fingerprint density at radius 1 is 0.935 bits per heavy atom. The highest BCUT2D eigenvalue weighted by atomic mass is 19.1. The Kier molecular flexibility index (Phi) is 11.4. The third kappa shape index (κ3) is 8.65. The molecule has 3 atom stereocenters. The van der Waals surface area contributed by atoms with Gasteiger partial charge in [-0.15, -0.1) is 0 Å². The molecule has 3 N–H and O–H groups in total. The van der Waals surface area contributed by atoms with E-state index < -0.39 is 23.8 Å². The van der Waals surface area contributed by atoms with E-state index in [1.807, 2.05) is 79.1 Å². The van der Waals surface area contributed by atoms with Crippen LogP contribution in [0.2, 0.25) is 0 Å². The quantitative estimate of drug-likeness (QED) is 0.0980. The minimum atomic E-state index is -1.09. The highest BCUT2D eigenvalue weighted by Crippen LogP contribution is 2.42. The van der Waals surface area contributed by atoms with Crippen LogP contribution in [0, 0.1) is 12.7 Å². The van der Waals surface area contributed by atoms with E-state index in [1.165, 1.54) is 12.1 Å². The molecule has 46 heavy (non-hydrogen) atoms. The standard InChI is InChI=1S/C38H43FN2O5/c1-6-38(4,5)46-32(44)24-31(43)23-30(42)21-22-41-35(25(2)3)34(37(45)40-29-15-11-8-12-16-29)33(26-13-9-7-10-14-26)36(41)27-17-19-28(39)20-18-27/h7-20,25,30-31,42-43H,2,6,21-24H2,1,3-5H3/p+1. The molecule has 0 bridgehead atoms. The minimum absolute atomic E-state index is 0.0308. The van der Waals surface area contributed by atoms with E-state index in [-0.39, 0.29) is 43.4 Å². The van der Waals surface area contributed by atoms with Crippen molar-refractivity contribution in [3.8, 4) is 22.4 Å². The molecule has 4 rings (SSSR count). The van der Waals surface area contributed by atoms with E-state index >= 15 is 0 Å². The maximum atomic E-state index is 14.2. The van der Waals surface area contributed by atoms with Gasteiger partial charge in [0, 0.05) is 17.8 Å². The van der Waals surface area contributed by atoms with E-state index in [9.17, 15) is 24.2 Å². The summed E-state index contributed by atoms with van der Waals surface area (Å²) in [6.07, 6.45) is -1.46. The van der Waals surface area contributed by atoms with Crippen molar-refractivity contribution < 1.29 is 28.9 Å². The number of hydrogen-bond acceptors (Lipinski definition) is 5. The van der Waals surface area contributed by atoms with Crippen LogP contribution >= 0.6 is 0 Å². The highest BCUT2D eigenvalue weighted by molar-refractivity contribution is 6.12. The largest absolute Gasteiger partial charge is 0.460 e. The second kappa shape index (κ2) is 15.3. The fourth-order valence-corrected chi connectivity index (χ4v) is 5.53. The Morgan fingerprint density at radius 2 is 1.54 bits per heavy atom. The van der Waals surface area contributed by atoms with Crippen LogP contribution in [-0.4, -0.2) is 44.5 Å². The fourth-order valence-electron chi connectivity index (χ4n) is 5.53. The van der Waals surface area contributed by atoms with Crippen molar-refractivity contribution in [3.05, 3.63) is 109 Å². The number of aliphatic hydroxyl groups excluding tert-OH is 2. The van der Waals surface area contributed by atoms with Gasteiger partial charge < -0.3 is 24.8 Å². The molecule has 8 heteroatoms. The van der Waals surface area contributed by atoms with E-state index in [4.69, 9.17) is 4.74 Å². The lowest BCUT2D eigenvalue weighted by molar-refractivity contribution is -0.159. The molecule has 4 aromatic rings. The third-order valence-electron chi connectivity index (χ3n) is 8.08. The van der Waals surface area contributed by atoms with Crippen LogP contribution < -0.4 is 5.32 Å². The average Bonchev–Trinajstić information content (AvgIpc) is 3.36. The van der Waals surface area contributed by atoms with Crippen LogP contribution in [-0.2, 0) is 16.1 Å². The molecule has 242 valence electrons. The van der Waals surface area contributed by atoms with Gasteiger partial charge >= 0.3 is 5.97 Å². The lowest BCUT2D eigenvalue weighted by Gasteiger charge is -2.24. The first-order chi connectivity index (χ1) is 21.9. The molecule has 1 heterocycles. The number of hydrogen-bond donors (Lipinski definition) is 3. The molecule has 0 aliphatic rings. The smallest absolute Gasteiger partial charge is 0.308 e. The van der Waals surface area contributed by atoms with Gasteiger partial charge in [-0.2, -0.15) is 0 Å². The predicted molar refractivity (Wildman–Crippen MR) is 180 cm³/mol. The van der Waals surface area contributed by atoms with Crippen LogP contribution in [0.4, 0.5) is 10.1 Å². The van der Waals surface area contributed by atoms with E-state index in [0.717, 1.165) is 5.56 Å². The maximum absolute atomic E-state index is 14.2. The monoisotopic (exact) mass is 627 g/mol. The van der Waals surface area contributed by atoms with Crippen LogP contribution in [0.1, 0.15) is 75.3 Å². The molecule has 0 saturated carbocycles. The SMILES string of the molecule is [CH2+]C(C)c1c(C(=O)Nc2ccccc2)c(-c2ccccc2)c(-c2ccc(F)cc2)n1CCC(O)CC(O)CC(=O)OC(C)(C)CC. The van der Waals surface area contributed by atoms with Crippen molar-refractivity contribution in [1.82, 2.24) is 4.57 Å². The molecule has 0 aliphatic carbocycles. The van der Waals surface area contributed by atoms with Crippen molar-refractivity contribution in [1.29, 1.82) is 0 Å². The van der Waals surface area contributed by atoms with Crippen molar-refractivity contribution in [3.63, 3.8) is 0 Å². The van der Waals surface area contributed by atoms with E-state index in [0.29, 0.717) is 40.2 Å². The molecule has 1 amide bonds. The lowest BCUT2D eigenvalue weighted by atomic mass is 9.94. The highest BCUT2D eigenvalue weighted by Gasteiger charge is 2.33. The Balaban J connectivity index is 1.75. The Labute approximate surface area is 271 Å². The van der Waals surface area contributed by atoms with E-state index in [1.54, 1.807) is 26.0 Å². The number of aliphatic hydroxyl groups is 2. The van der Waals surface area contributed by atoms with Gasteiger partial charge in [-0.1, -0.05) is 55.5 Å². The number of rotatable bonds is 14. The molecular formula is C38H44FN2O5+. The van der Waals surface area contributed by atoms with Crippen molar-refractivity contribution >= 4 is 17.6 Å². The molecule has 3 aromatic carbocycles. The molecular weight excluding hydrogens is 583 g/mol. The number of nitrogens with one attached hydrogen (secondary N) is 1. The topological polar surface area (TPSA) is 101 Å². The average molecular weight is 628 g/mol. The first-order valence-corrected chi connectivity index (χ1v) is 15.7. The minimum Gasteiger partial charge on any atom is -0.460 e. The Morgan fingerprint density at radius 3 is 2.13 bits per heavy atom. The molecule has 0 aliphatic heterocycles. The van der Waals surface area contributed by atoms with Gasteiger partial charge in [0.05, 0.1) is 42.5 Å². The number of carbonyl (C=O) groups excluding carboxylic acids is 2. The summed E-state index contributed by atoms with van der Waals surface area (Å²) in [5, 5.41) is 24.7. The second-order valence-corrected chi connectivity index (χ2v) is 12.4. The van der Waals surface area contributed by atoms with Gasteiger partial charge in [0.1, 0.15) is 17.3 Å². The number of amides is 1. The number of nitrogens with zero attached hydrogens (tertiary/aromatic N) is 1. The summed E-state index contributed by atoms with van der Waals surface area (Å²) < 4.78 is 21.5. The zero-order valence-electron chi connectivity index (χ0n) is 27.0. The van der Waals surface area contributed by atoms with Crippen molar-refractivity contribution in [2.24, 2.45) is 0 Å². The molecule has 0 saturated heterocycles. The summed E-state index contributed by atoms with van der Waals surface area (Å²) in [6, 6.07) is 24.8. The number of ether oxygens (including phenoxy) is 1. The maximum Gasteiger partial charge on any atom is 0.308 e. The molecule has 1 aromatic heterocycles. The number of anilines is 1. The summed E-state index contributed by atoms with van der Waals surface area (Å²) in [7, 11) is 0. The van der Waals surface area contributed by atoms with Crippen molar-refractivity contribution in [2.75, 3.05) is 5.32 Å². The number of esters is 1. The Hall–Kier alpha value is -4.40. The first-order valence-electron chi connectivity index (χ1n) is 15.7. The van der Waals surface area contributed by atoms with E-state index in [2.05, 4.69) is 12.2 Å². The number of benzene rings is 3.